The van der Waals surface area contributed by atoms with Crippen molar-refractivity contribution >= 4 is 14.7 Å². The maximum absolute atomic E-state index is 2.59. The predicted molar refractivity (Wildman–Crippen MR) is 105 cm³/mol. The lowest BCUT2D eigenvalue weighted by molar-refractivity contribution is 0.352. The summed E-state index contributed by atoms with van der Waals surface area (Å²) in [6.07, 6.45) is 12.6. The van der Waals surface area contributed by atoms with Gasteiger partial charge in [-0.1, -0.05) is 105 Å². The number of hydrogen-bond donors (Lipinski definition) is 0. The Balaban J connectivity index is 1.72. The summed E-state index contributed by atoms with van der Waals surface area (Å²) in [5, 5.41) is 3.35. The molecule has 0 unspecified atom stereocenters. The molecule has 1 aromatic carbocycles. The van der Waals surface area contributed by atoms with Gasteiger partial charge in [0.15, 0.2) is 0 Å². The maximum Gasteiger partial charge on any atom is 0.0828 e. The minimum atomic E-state index is -0.275. The zero-order valence-corrected chi connectivity index (χ0v) is 16.6. The highest BCUT2D eigenvalue weighted by atomic mass is 28.2. The van der Waals surface area contributed by atoms with Crippen molar-refractivity contribution in [3.05, 3.63) is 52.8 Å². The zero-order chi connectivity index (χ0) is 16.3. The van der Waals surface area contributed by atoms with E-state index in [0.29, 0.717) is 5.41 Å². The van der Waals surface area contributed by atoms with E-state index in [1.807, 2.05) is 0 Å². The van der Waals surface area contributed by atoms with Crippen LogP contribution in [0.15, 0.2) is 52.8 Å². The van der Waals surface area contributed by atoms with E-state index in [9.17, 15) is 0 Å². The Labute approximate surface area is 144 Å². The molecule has 0 spiro atoms. The molecule has 0 bridgehead atoms. The third kappa shape index (κ3) is 4.47. The lowest BCUT2D eigenvalue weighted by atomic mass is 9.79. The van der Waals surface area contributed by atoms with Gasteiger partial charge in [0.25, 0.3) is 0 Å². The van der Waals surface area contributed by atoms with E-state index >= 15 is 0 Å². The molecule has 3 rings (SSSR count). The van der Waals surface area contributed by atoms with Crippen molar-refractivity contribution in [1.29, 1.82) is 0 Å². The van der Waals surface area contributed by atoms with Crippen molar-refractivity contribution in [3.63, 3.8) is 0 Å². The van der Waals surface area contributed by atoms with Gasteiger partial charge in [-0.3, -0.25) is 0 Å². The second kappa shape index (κ2) is 7.21. The van der Waals surface area contributed by atoms with Crippen LogP contribution in [0.25, 0.3) is 0 Å². The van der Waals surface area contributed by atoms with Crippen molar-refractivity contribution in [2.45, 2.75) is 65.7 Å². The number of allylic oxidation sites excluding steroid dienone is 4. The Bertz CT molecular complexity index is 580. The Kier molecular flexibility index (Phi) is 5.26. The monoisotopic (exact) mass is 324 g/mol. The van der Waals surface area contributed by atoms with Gasteiger partial charge in [0.05, 0.1) is 9.52 Å². The van der Waals surface area contributed by atoms with E-state index < -0.39 is 0 Å². The molecule has 0 radical (unpaired) electrons. The zero-order valence-electron chi connectivity index (χ0n) is 15.2. The molecule has 0 nitrogen and oxygen atoms in total. The van der Waals surface area contributed by atoms with E-state index in [1.54, 1.807) is 21.5 Å². The topological polar surface area (TPSA) is 0 Å². The van der Waals surface area contributed by atoms with Crippen LogP contribution in [0.3, 0.4) is 0 Å². The van der Waals surface area contributed by atoms with Gasteiger partial charge >= 0.3 is 0 Å². The van der Waals surface area contributed by atoms with Crippen molar-refractivity contribution in [3.8, 4) is 0 Å². The molecular formula is C22H32Si. The molecule has 124 valence electrons. The van der Waals surface area contributed by atoms with Crippen LogP contribution in [-0.4, -0.2) is 9.52 Å². The largest absolute Gasteiger partial charge is 0.0828 e. The molecular weight excluding hydrogens is 292 g/mol. The summed E-state index contributed by atoms with van der Waals surface area (Å²) >= 11 is 0. The molecule has 1 aromatic rings. The Morgan fingerprint density at radius 3 is 2.35 bits per heavy atom. The average Bonchev–Trinajstić information content (AvgIpc) is 2.92. The third-order valence-electron chi connectivity index (χ3n) is 5.51. The fraction of sp³-hybridized carbons (Fsp3) is 0.545. The van der Waals surface area contributed by atoms with Crippen LogP contribution in [-0.2, 0) is 0 Å². The first-order valence-electron chi connectivity index (χ1n) is 9.48. The molecule has 1 saturated carbocycles. The smallest absolute Gasteiger partial charge is 0.0783 e. The van der Waals surface area contributed by atoms with Gasteiger partial charge in [0, 0.05) is 0 Å². The van der Waals surface area contributed by atoms with Crippen molar-refractivity contribution in [2.75, 3.05) is 0 Å². The lowest BCUT2D eigenvalue weighted by Crippen LogP contribution is -2.15. The van der Waals surface area contributed by atoms with Gasteiger partial charge in [-0.05, 0) is 29.7 Å². The molecule has 1 fully saturated rings. The first-order valence-corrected chi connectivity index (χ1v) is 10.9. The molecule has 1 heteroatoms. The molecule has 23 heavy (non-hydrogen) atoms. The molecule has 0 aliphatic heterocycles. The van der Waals surface area contributed by atoms with Crippen LogP contribution in [0.1, 0.15) is 65.7 Å². The second-order valence-corrected chi connectivity index (χ2v) is 10.7. The van der Waals surface area contributed by atoms with Gasteiger partial charge in [-0.25, -0.2) is 0 Å². The summed E-state index contributed by atoms with van der Waals surface area (Å²) < 4.78 is 0. The molecule has 0 saturated heterocycles. The van der Waals surface area contributed by atoms with Gasteiger partial charge in [-0.15, -0.1) is 0 Å². The standard InChI is InChI=1S/C22H32Si/c1-22(2,3)21-16-20(23-19-12-8-5-9-13-19)15-18(21)14-17-10-6-4-7-11-17/h5,8-9,12-13,16-17H,4,6-7,10-11,14-15,23H2,1-3H3. The number of benzene rings is 1. The molecule has 0 atom stereocenters. The highest BCUT2D eigenvalue weighted by molar-refractivity contribution is 6.61. The fourth-order valence-corrected chi connectivity index (χ4v) is 6.13. The van der Waals surface area contributed by atoms with Crippen LogP contribution in [0.5, 0.6) is 0 Å². The normalized spacial score (nSPS) is 20.6. The summed E-state index contributed by atoms with van der Waals surface area (Å²) in [5.41, 5.74) is 3.75. The summed E-state index contributed by atoms with van der Waals surface area (Å²) in [6.45, 7) is 7.19. The van der Waals surface area contributed by atoms with E-state index in [-0.39, 0.29) is 9.52 Å². The van der Waals surface area contributed by atoms with E-state index in [4.69, 9.17) is 0 Å². The molecule has 0 amide bonds. The van der Waals surface area contributed by atoms with Crippen molar-refractivity contribution in [1.82, 2.24) is 0 Å². The van der Waals surface area contributed by atoms with Crippen LogP contribution < -0.4 is 5.19 Å². The first kappa shape index (κ1) is 16.8. The Morgan fingerprint density at radius 1 is 1.00 bits per heavy atom. The summed E-state index contributed by atoms with van der Waals surface area (Å²) in [7, 11) is -0.275. The minimum Gasteiger partial charge on any atom is -0.0783 e. The summed E-state index contributed by atoms with van der Waals surface area (Å²) in [4.78, 5) is 0. The van der Waals surface area contributed by atoms with Crippen LogP contribution in [0.2, 0.25) is 0 Å². The van der Waals surface area contributed by atoms with Gasteiger partial charge in [0.2, 0.25) is 0 Å². The van der Waals surface area contributed by atoms with E-state index in [1.165, 1.54) is 44.9 Å². The van der Waals surface area contributed by atoms with Gasteiger partial charge < -0.3 is 0 Å². The van der Waals surface area contributed by atoms with Gasteiger partial charge in [0.1, 0.15) is 0 Å². The Morgan fingerprint density at radius 2 is 1.70 bits per heavy atom. The van der Waals surface area contributed by atoms with Crippen LogP contribution in [0.4, 0.5) is 0 Å². The predicted octanol–water partition coefficient (Wildman–Crippen LogP) is 5.08. The van der Waals surface area contributed by atoms with E-state index in [0.717, 1.165) is 5.92 Å². The summed E-state index contributed by atoms with van der Waals surface area (Å²) in [5.74, 6) is 0.960. The molecule has 2 aliphatic carbocycles. The lowest BCUT2D eigenvalue weighted by Gasteiger charge is -2.26. The van der Waals surface area contributed by atoms with Gasteiger partial charge in [-0.2, -0.15) is 0 Å². The van der Waals surface area contributed by atoms with Crippen molar-refractivity contribution < 1.29 is 0 Å². The SMILES string of the molecule is CC(C)(C)C1=C(CC2CCCCC2)CC([SiH2]c2ccccc2)=C1. The maximum atomic E-state index is 2.59. The fourth-order valence-electron chi connectivity index (χ4n) is 4.37. The molecule has 2 aliphatic rings. The quantitative estimate of drug-likeness (QED) is 0.677. The number of rotatable bonds is 4. The van der Waals surface area contributed by atoms with Crippen LogP contribution in [0, 0.1) is 11.3 Å². The average molecular weight is 325 g/mol. The third-order valence-corrected chi connectivity index (χ3v) is 7.30. The molecule has 0 aromatic heterocycles. The Hall–Kier alpha value is -1.08. The highest BCUT2D eigenvalue weighted by Crippen LogP contribution is 2.41. The van der Waals surface area contributed by atoms with Crippen molar-refractivity contribution in [2.24, 2.45) is 11.3 Å². The first-order chi connectivity index (χ1) is 11.0. The number of hydrogen-bond acceptors (Lipinski definition) is 0. The summed E-state index contributed by atoms with van der Waals surface area (Å²) in [6, 6.07) is 11.2. The molecule has 0 N–H and O–H groups in total. The van der Waals surface area contributed by atoms with E-state index in [2.05, 4.69) is 57.2 Å². The highest BCUT2D eigenvalue weighted by Gasteiger charge is 2.27. The van der Waals surface area contributed by atoms with Crippen LogP contribution >= 0.6 is 0 Å². The second-order valence-electron chi connectivity index (χ2n) is 8.62. The molecule has 0 heterocycles. The minimum absolute atomic E-state index is 0.275.